The Balaban J connectivity index is 1.58. The molecule has 10 heteroatoms. The van der Waals surface area contributed by atoms with Crippen LogP contribution in [0.15, 0.2) is 5.10 Å². The summed E-state index contributed by atoms with van der Waals surface area (Å²) in [6.45, 7) is 0. The van der Waals surface area contributed by atoms with Gasteiger partial charge in [-0.15, -0.1) is 0 Å². The van der Waals surface area contributed by atoms with Crippen molar-refractivity contribution in [2.24, 2.45) is 22.9 Å². The third-order valence-corrected chi connectivity index (χ3v) is 9.92. The zero-order chi connectivity index (χ0) is 28.1. The molecule has 0 aromatic rings. The van der Waals surface area contributed by atoms with Gasteiger partial charge in [0.15, 0.2) is 0 Å². The summed E-state index contributed by atoms with van der Waals surface area (Å²) in [7, 11) is 12.0. The topological polar surface area (TPSA) is 97.3 Å². The van der Waals surface area contributed by atoms with Gasteiger partial charge in [-0.25, -0.2) is 5.01 Å². The molecule has 0 spiro atoms. The van der Waals surface area contributed by atoms with Gasteiger partial charge in [0.25, 0.3) is 0 Å². The molecule has 4 aliphatic rings. The molecule has 0 radical (unpaired) electrons. The van der Waals surface area contributed by atoms with Gasteiger partial charge in [-0.2, -0.15) is 5.10 Å². The number of carbonyl (C=O) groups is 1. The largest absolute Gasteiger partial charge is 0.379 e. The van der Waals surface area contributed by atoms with E-state index in [4.69, 9.17) is 38.3 Å². The maximum absolute atomic E-state index is 14.3. The Morgan fingerprint density at radius 2 is 1.18 bits per heavy atom. The van der Waals surface area contributed by atoms with Crippen molar-refractivity contribution in [2.45, 2.75) is 107 Å². The van der Waals surface area contributed by atoms with Crippen LogP contribution in [0.25, 0.3) is 0 Å². The van der Waals surface area contributed by atoms with Gasteiger partial charge in [0.2, 0.25) is 5.91 Å². The van der Waals surface area contributed by atoms with Gasteiger partial charge < -0.3 is 33.2 Å². The molecule has 9 unspecified atom stereocenters. The van der Waals surface area contributed by atoms with Crippen LogP contribution in [0.2, 0.25) is 0 Å². The minimum atomic E-state index is -0.249. The third kappa shape index (κ3) is 6.52. The van der Waals surface area contributed by atoms with Crippen molar-refractivity contribution in [3.63, 3.8) is 0 Å². The van der Waals surface area contributed by atoms with Crippen molar-refractivity contribution in [2.75, 3.05) is 49.8 Å². The van der Waals surface area contributed by atoms with Crippen molar-refractivity contribution >= 4 is 11.6 Å². The Morgan fingerprint density at radius 1 is 0.641 bits per heavy atom. The maximum Gasteiger partial charge on any atom is 0.246 e. The first-order chi connectivity index (χ1) is 18.9. The van der Waals surface area contributed by atoms with Crippen LogP contribution in [0.3, 0.4) is 0 Å². The van der Waals surface area contributed by atoms with E-state index >= 15 is 0 Å². The van der Waals surface area contributed by atoms with Crippen LogP contribution < -0.4 is 0 Å². The number of hydrazone groups is 1. The van der Waals surface area contributed by atoms with Gasteiger partial charge in [0, 0.05) is 73.7 Å². The van der Waals surface area contributed by atoms with E-state index in [-0.39, 0.29) is 72.4 Å². The average molecular weight is 555 g/mol. The average Bonchev–Trinajstić information content (AvgIpc) is 3.44. The molecular formula is C29H50N2O8. The Bertz CT molecular complexity index is 813. The van der Waals surface area contributed by atoms with Crippen LogP contribution in [0.4, 0.5) is 0 Å². The highest BCUT2D eigenvalue weighted by molar-refractivity contribution is 5.92. The fourth-order valence-electron chi connectivity index (χ4n) is 7.62. The first kappa shape index (κ1) is 30.8. The number of ether oxygens (including phenoxy) is 7. The normalized spacial score (nSPS) is 41.5. The lowest BCUT2D eigenvalue weighted by Crippen LogP contribution is -2.52. The molecule has 224 valence electrons. The summed E-state index contributed by atoms with van der Waals surface area (Å²) in [6.07, 6.45) is 7.06. The van der Waals surface area contributed by atoms with Gasteiger partial charge in [0.1, 0.15) is 6.10 Å². The van der Waals surface area contributed by atoms with Crippen molar-refractivity contribution in [1.29, 1.82) is 0 Å². The minimum absolute atomic E-state index is 0.00578. The van der Waals surface area contributed by atoms with Gasteiger partial charge in [-0.3, -0.25) is 4.79 Å². The Hall–Kier alpha value is -1.14. The quantitative estimate of drug-likeness (QED) is 0.407. The van der Waals surface area contributed by atoms with E-state index in [1.54, 1.807) is 49.8 Å². The SMILES string of the molecule is COC1CCC(C2=NN(C(=O)C3CC(OC)C(OC)C(OC)C3)C(C3CCC(OC)C(OC)C3)C2)CC1OC. The van der Waals surface area contributed by atoms with Gasteiger partial charge >= 0.3 is 0 Å². The smallest absolute Gasteiger partial charge is 0.246 e. The number of nitrogens with zero attached hydrogens (tertiary/aromatic N) is 2. The first-order valence-corrected chi connectivity index (χ1v) is 14.5. The molecule has 9 atom stereocenters. The molecule has 39 heavy (non-hydrogen) atoms. The van der Waals surface area contributed by atoms with E-state index in [2.05, 4.69) is 0 Å². The van der Waals surface area contributed by atoms with E-state index < -0.39 is 0 Å². The molecule has 1 heterocycles. The Morgan fingerprint density at radius 3 is 1.72 bits per heavy atom. The Kier molecular flexibility index (Phi) is 11.2. The number of hydrogen-bond acceptors (Lipinski definition) is 9. The number of rotatable bonds is 10. The van der Waals surface area contributed by atoms with Crippen molar-refractivity contribution in [1.82, 2.24) is 5.01 Å². The van der Waals surface area contributed by atoms with Crippen LogP contribution in [0, 0.1) is 17.8 Å². The number of amides is 1. The van der Waals surface area contributed by atoms with Crippen LogP contribution >= 0.6 is 0 Å². The van der Waals surface area contributed by atoms with Gasteiger partial charge in [-0.1, -0.05) is 0 Å². The lowest BCUT2D eigenvalue weighted by atomic mass is 9.76. The zero-order valence-electron chi connectivity index (χ0n) is 24.9. The van der Waals surface area contributed by atoms with Crippen LogP contribution in [0.5, 0.6) is 0 Å². The molecule has 3 saturated carbocycles. The molecule has 0 aromatic carbocycles. The zero-order valence-corrected chi connectivity index (χ0v) is 24.9. The third-order valence-electron chi connectivity index (χ3n) is 9.92. The van der Waals surface area contributed by atoms with Gasteiger partial charge in [0.05, 0.1) is 42.7 Å². The number of hydrogen-bond donors (Lipinski definition) is 0. The summed E-state index contributed by atoms with van der Waals surface area (Å²) in [5.41, 5.74) is 1.12. The van der Waals surface area contributed by atoms with E-state index in [9.17, 15) is 4.79 Å². The van der Waals surface area contributed by atoms with Crippen molar-refractivity contribution in [3.05, 3.63) is 0 Å². The second kappa shape index (κ2) is 14.2. The molecule has 0 bridgehead atoms. The Labute approximate surface area is 234 Å². The standard InChI is InChI=1S/C29H50N2O8/c1-33-22-10-8-17(12-24(22)35-3)20-16-21(18-9-11-23(34-2)25(13-18)36-4)31(30-20)29(32)19-14-26(37-5)28(39-7)27(15-19)38-6/h17-19,21-28H,8-16H2,1-7H3. The van der Waals surface area contributed by atoms with Crippen LogP contribution in [-0.4, -0.2) is 115 Å². The number of methoxy groups -OCH3 is 7. The molecule has 1 aliphatic heterocycles. The molecule has 1 amide bonds. The van der Waals surface area contributed by atoms with E-state index in [1.807, 2.05) is 5.01 Å². The summed E-state index contributed by atoms with van der Waals surface area (Å²) in [6, 6.07) is 0.00578. The molecular weight excluding hydrogens is 504 g/mol. The van der Waals surface area contributed by atoms with E-state index in [1.165, 1.54) is 0 Å². The van der Waals surface area contributed by atoms with Crippen LogP contribution in [-0.2, 0) is 38.0 Å². The molecule has 3 aliphatic carbocycles. The monoisotopic (exact) mass is 554 g/mol. The molecule has 10 nitrogen and oxygen atoms in total. The molecule has 3 fully saturated rings. The fourth-order valence-corrected chi connectivity index (χ4v) is 7.62. The summed E-state index contributed by atoms with van der Waals surface area (Å²) < 4.78 is 40.2. The predicted octanol–water partition coefficient (Wildman–Crippen LogP) is 3.06. The molecule has 4 rings (SSSR count). The highest BCUT2D eigenvalue weighted by Crippen LogP contribution is 2.41. The molecule has 0 saturated heterocycles. The second-order valence-electron chi connectivity index (χ2n) is 11.6. The lowest BCUT2D eigenvalue weighted by molar-refractivity contribution is -0.161. The van der Waals surface area contributed by atoms with E-state index in [0.717, 1.165) is 50.7 Å². The molecule has 0 N–H and O–H groups in total. The van der Waals surface area contributed by atoms with Crippen molar-refractivity contribution < 1.29 is 38.0 Å². The lowest BCUT2D eigenvalue weighted by Gasteiger charge is -2.42. The van der Waals surface area contributed by atoms with Gasteiger partial charge in [-0.05, 0) is 57.3 Å². The van der Waals surface area contributed by atoms with Crippen molar-refractivity contribution in [3.8, 4) is 0 Å². The highest BCUT2D eigenvalue weighted by Gasteiger charge is 2.48. The number of carbonyl (C=O) groups excluding carboxylic acids is 1. The molecule has 0 aromatic heterocycles. The second-order valence-corrected chi connectivity index (χ2v) is 11.6. The summed E-state index contributed by atoms with van der Waals surface area (Å²) in [4.78, 5) is 14.3. The first-order valence-electron chi connectivity index (χ1n) is 14.5. The minimum Gasteiger partial charge on any atom is -0.379 e. The van der Waals surface area contributed by atoms with E-state index in [0.29, 0.717) is 12.8 Å². The predicted molar refractivity (Wildman–Crippen MR) is 146 cm³/mol. The highest BCUT2D eigenvalue weighted by atomic mass is 16.6. The summed E-state index contributed by atoms with van der Waals surface area (Å²) in [5, 5.41) is 6.95. The van der Waals surface area contributed by atoms with Crippen LogP contribution in [0.1, 0.15) is 57.8 Å². The summed E-state index contributed by atoms with van der Waals surface area (Å²) >= 11 is 0. The fraction of sp³-hybridized carbons (Fsp3) is 0.931. The summed E-state index contributed by atoms with van der Waals surface area (Å²) in [5.74, 6) is 0.372. The maximum atomic E-state index is 14.3.